The summed E-state index contributed by atoms with van der Waals surface area (Å²) in [5.41, 5.74) is 6.46. The molecule has 90 valence electrons. The number of nitrogens with one attached hydrogen (secondary N) is 1. The highest BCUT2D eigenvalue weighted by Crippen LogP contribution is 2.15. The molecule has 1 atom stereocenters. The lowest BCUT2D eigenvalue weighted by atomic mass is 10.3. The molecule has 0 aliphatic heterocycles. The SMILES string of the molecule is COCCNC(=O)Cc1csc(C(C)N)n1. The molecule has 0 radical (unpaired) electrons. The first-order valence-electron chi connectivity index (χ1n) is 5.09. The molecule has 1 unspecified atom stereocenters. The molecule has 0 aromatic carbocycles. The van der Waals surface area contributed by atoms with Crippen LogP contribution in [0, 0.1) is 0 Å². The summed E-state index contributed by atoms with van der Waals surface area (Å²) in [6, 6.07) is -0.0738. The minimum atomic E-state index is -0.0738. The van der Waals surface area contributed by atoms with E-state index in [1.54, 1.807) is 7.11 Å². The van der Waals surface area contributed by atoms with Crippen molar-refractivity contribution in [1.82, 2.24) is 10.3 Å². The van der Waals surface area contributed by atoms with Crippen molar-refractivity contribution >= 4 is 17.2 Å². The van der Waals surface area contributed by atoms with Gasteiger partial charge >= 0.3 is 0 Å². The Morgan fingerprint density at radius 3 is 3.06 bits per heavy atom. The van der Waals surface area contributed by atoms with Gasteiger partial charge in [0.2, 0.25) is 5.91 Å². The molecule has 1 heterocycles. The van der Waals surface area contributed by atoms with Gasteiger partial charge in [0.05, 0.1) is 24.8 Å². The summed E-state index contributed by atoms with van der Waals surface area (Å²) in [5.74, 6) is -0.0430. The number of amides is 1. The van der Waals surface area contributed by atoms with Crippen LogP contribution in [0.3, 0.4) is 0 Å². The van der Waals surface area contributed by atoms with Crippen LogP contribution in [-0.2, 0) is 16.0 Å². The largest absolute Gasteiger partial charge is 0.383 e. The van der Waals surface area contributed by atoms with E-state index in [9.17, 15) is 4.79 Å². The van der Waals surface area contributed by atoms with Crippen LogP contribution in [0.5, 0.6) is 0 Å². The molecule has 0 spiro atoms. The van der Waals surface area contributed by atoms with Gasteiger partial charge < -0.3 is 15.8 Å². The van der Waals surface area contributed by atoms with E-state index in [0.717, 1.165) is 10.7 Å². The number of carbonyl (C=O) groups is 1. The Morgan fingerprint density at radius 2 is 2.50 bits per heavy atom. The van der Waals surface area contributed by atoms with E-state index in [2.05, 4.69) is 10.3 Å². The number of hydrogen-bond donors (Lipinski definition) is 2. The average molecular weight is 243 g/mol. The normalized spacial score (nSPS) is 12.4. The van der Waals surface area contributed by atoms with E-state index >= 15 is 0 Å². The maximum Gasteiger partial charge on any atom is 0.226 e. The summed E-state index contributed by atoms with van der Waals surface area (Å²) in [6.45, 7) is 2.93. The zero-order chi connectivity index (χ0) is 12.0. The van der Waals surface area contributed by atoms with Crippen molar-refractivity contribution in [3.8, 4) is 0 Å². The van der Waals surface area contributed by atoms with Crippen molar-refractivity contribution in [3.63, 3.8) is 0 Å². The van der Waals surface area contributed by atoms with E-state index in [1.165, 1.54) is 11.3 Å². The van der Waals surface area contributed by atoms with E-state index < -0.39 is 0 Å². The maximum absolute atomic E-state index is 11.4. The van der Waals surface area contributed by atoms with Crippen LogP contribution in [0.1, 0.15) is 23.7 Å². The average Bonchev–Trinajstić information content (AvgIpc) is 2.66. The fraction of sp³-hybridized carbons (Fsp3) is 0.600. The highest BCUT2D eigenvalue weighted by Gasteiger charge is 2.09. The van der Waals surface area contributed by atoms with Crippen LogP contribution in [0.15, 0.2) is 5.38 Å². The number of ether oxygens (including phenoxy) is 1. The van der Waals surface area contributed by atoms with Crippen LogP contribution in [0.2, 0.25) is 0 Å². The number of hydrogen-bond acceptors (Lipinski definition) is 5. The van der Waals surface area contributed by atoms with Gasteiger partial charge in [-0.1, -0.05) is 0 Å². The molecule has 5 nitrogen and oxygen atoms in total. The fourth-order valence-electron chi connectivity index (χ4n) is 1.13. The Labute approximate surface area is 99.0 Å². The highest BCUT2D eigenvalue weighted by molar-refractivity contribution is 7.09. The van der Waals surface area contributed by atoms with Crippen LogP contribution in [0.4, 0.5) is 0 Å². The second-order valence-corrected chi connectivity index (χ2v) is 4.37. The van der Waals surface area contributed by atoms with Gasteiger partial charge in [-0.05, 0) is 6.92 Å². The second-order valence-electron chi connectivity index (χ2n) is 3.49. The molecule has 0 bridgehead atoms. The molecule has 0 fully saturated rings. The third-order valence-electron chi connectivity index (χ3n) is 1.93. The Balaban J connectivity index is 2.37. The first kappa shape index (κ1) is 13.1. The standard InChI is InChI=1S/C10H17N3O2S/c1-7(11)10-13-8(6-16-10)5-9(14)12-3-4-15-2/h6-7H,3-5,11H2,1-2H3,(H,12,14). The van der Waals surface area contributed by atoms with Gasteiger partial charge in [-0.15, -0.1) is 11.3 Å². The van der Waals surface area contributed by atoms with Crippen molar-refractivity contribution in [2.24, 2.45) is 5.73 Å². The molecule has 1 amide bonds. The summed E-state index contributed by atoms with van der Waals surface area (Å²) >= 11 is 1.49. The summed E-state index contributed by atoms with van der Waals surface area (Å²) in [7, 11) is 1.60. The fourth-order valence-corrected chi connectivity index (χ4v) is 1.91. The molecule has 1 aromatic heterocycles. The Morgan fingerprint density at radius 1 is 1.75 bits per heavy atom. The minimum absolute atomic E-state index is 0.0430. The molecule has 0 aliphatic carbocycles. The number of thiazole rings is 1. The zero-order valence-corrected chi connectivity index (χ0v) is 10.3. The summed E-state index contributed by atoms with van der Waals surface area (Å²) < 4.78 is 4.83. The quantitative estimate of drug-likeness (QED) is 0.712. The van der Waals surface area contributed by atoms with E-state index in [-0.39, 0.29) is 11.9 Å². The lowest BCUT2D eigenvalue weighted by Crippen LogP contribution is -2.28. The second kappa shape index (κ2) is 6.57. The van der Waals surface area contributed by atoms with E-state index in [1.807, 2.05) is 12.3 Å². The first-order chi connectivity index (χ1) is 7.63. The Bertz CT molecular complexity index is 339. The molecule has 3 N–H and O–H groups in total. The van der Waals surface area contributed by atoms with Crippen molar-refractivity contribution in [3.05, 3.63) is 16.1 Å². The monoisotopic (exact) mass is 243 g/mol. The van der Waals surface area contributed by atoms with Gasteiger partial charge in [-0.2, -0.15) is 0 Å². The van der Waals surface area contributed by atoms with Crippen molar-refractivity contribution in [1.29, 1.82) is 0 Å². The van der Waals surface area contributed by atoms with Crippen LogP contribution >= 0.6 is 11.3 Å². The molecule has 1 rings (SSSR count). The predicted molar refractivity (Wildman–Crippen MR) is 63.3 cm³/mol. The summed E-state index contributed by atoms with van der Waals surface area (Å²) in [6.07, 6.45) is 0.299. The van der Waals surface area contributed by atoms with Crippen molar-refractivity contribution in [2.45, 2.75) is 19.4 Å². The molecular weight excluding hydrogens is 226 g/mol. The zero-order valence-electron chi connectivity index (χ0n) is 9.53. The topological polar surface area (TPSA) is 77.2 Å². The number of nitrogens with two attached hydrogens (primary N) is 1. The lowest BCUT2D eigenvalue weighted by Gasteiger charge is -2.02. The van der Waals surface area contributed by atoms with Gasteiger partial charge in [-0.25, -0.2) is 4.98 Å². The van der Waals surface area contributed by atoms with E-state index in [4.69, 9.17) is 10.5 Å². The van der Waals surface area contributed by atoms with Crippen LogP contribution < -0.4 is 11.1 Å². The van der Waals surface area contributed by atoms with Gasteiger partial charge in [0.25, 0.3) is 0 Å². The number of carbonyl (C=O) groups excluding carboxylic acids is 1. The number of aromatic nitrogens is 1. The lowest BCUT2D eigenvalue weighted by molar-refractivity contribution is -0.120. The summed E-state index contributed by atoms with van der Waals surface area (Å²) in [5, 5.41) is 5.47. The third-order valence-corrected chi connectivity index (χ3v) is 3.02. The maximum atomic E-state index is 11.4. The molecule has 16 heavy (non-hydrogen) atoms. The number of methoxy groups -OCH3 is 1. The van der Waals surface area contributed by atoms with Crippen molar-refractivity contribution < 1.29 is 9.53 Å². The molecule has 0 aliphatic rings. The van der Waals surface area contributed by atoms with Crippen LogP contribution in [0.25, 0.3) is 0 Å². The Kier molecular flexibility index (Phi) is 5.37. The summed E-state index contributed by atoms with van der Waals surface area (Å²) in [4.78, 5) is 15.7. The Hall–Kier alpha value is -0.980. The van der Waals surface area contributed by atoms with Gasteiger partial charge in [0.1, 0.15) is 5.01 Å². The number of rotatable bonds is 6. The third kappa shape index (κ3) is 4.26. The molecular formula is C10H17N3O2S. The van der Waals surface area contributed by atoms with Gasteiger partial charge in [0, 0.05) is 19.0 Å². The smallest absolute Gasteiger partial charge is 0.226 e. The highest BCUT2D eigenvalue weighted by atomic mass is 32.1. The first-order valence-corrected chi connectivity index (χ1v) is 5.97. The van der Waals surface area contributed by atoms with Gasteiger partial charge in [0.15, 0.2) is 0 Å². The predicted octanol–water partition coefficient (Wildman–Crippen LogP) is 0.468. The van der Waals surface area contributed by atoms with E-state index in [0.29, 0.717) is 19.6 Å². The number of nitrogens with zero attached hydrogens (tertiary/aromatic N) is 1. The molecule has 6 heteroatoms. The molecule has 1 aromatic rings. The molecule has 0 saturated heterocycles. The van der Waals surface area contributed by atoms with Gasteiger partial charge in [-0.3, -0.25) is 4.79 Å². The minimum Gasteiger partial charge on any atom is -0.383 e. The van der Waals surface area contributed by atoms with Crippen LogP contribution in [-0.4, -0.2) is 31.2 Å². The molecule has 0 saturated carbocycles. The van der Waals surface area contributed by atoms with Crippen molar-refractivity contribution in [2.75, 3.05) is 20.3 Å².